The predicted molar refractivity (Wildman–Crippen MR) is 111 cm³/mol. The Bertz CT molecular complexity index is 903. The van der Waals surface area contributed by atoms with Crippen molar-refractivity contribution in [2.45, 2.75) is 6.92 Å². The maximum Gasteiger partial charge on any atom is 0.411 e. The number of methoxy groups -OCH3 is 1. The van der Waals surface area contributed by atoms with E-state index in [1.165, 1.54) is 25.1 Å². The third kappa shape index (κ3) is 6.39. The van der Waals surface area contributed by atoms with Crippen LogP contribution < -0.4 is 15.4 Å². The van der Waals surface area contributed by atoms with Crippen molar-refractivity contribution >= 4 is 40.9 Å². The van der Waals surface area contributed by atoms with E-state index in [2.05, 4.69) is 10.6 Å². The van der Waals surface area contributed by atoms with E-state index in [9.17, 15) is 14.4 Å². The van der Waals surface area contributed by atoms with Gasteiger partial charge in [-0.2, -0.15) is 0 Å². The fourth-order valence-corrected chi connectivity index (χ4v) is 2.66. The van der Waals surface area contributed by atoms with Crippen molar-refractivity contribution in [3.63, 3.8) is 0 Å². The van der Waals surface area contributed by atoms with E-state index in [-0.39, 0.29) is 19.1 Å². The van der Waals surface area contributed by atoms with Crippen LogP contribution in [0.25, 0.3) is 0 Å². The van der Waals surface area contributed by atoms with Crippen LogP contribution >= 0.6 is 11.6 Å². The maximum absolute atomic E-state index is 12.6. The van der Waals surface area contributed by atoms with Crippen LogP contribution in [0.4, 0.5) is 16.2 Å². The summed E-state index contributed by atoms with van der Waals surface area (Å²) in [5.74, 6) is -0.345. The number of ether oxygens (including phenoxy) is 2. The molecule has 0 saturated heterocycles. The summed E-state index contributed by atoms with van der Waals surface area (Å²) in [6, 6.07) is 11.2. The summed E-state index contributed by atoms with van der Waals surface area (Å²) in [4.78, 5) is 37.8. The lowest BCUT2D eigenvalue weighted by Crippen LogP contribution is -2.35. The number of halogens is 1. The minimum absolute atomic E-state index is 0.190. The van der Waals surface area contributed by atoms with Gasteiger partial charge in [0.05, 0.1) is 25.9 Å². The fraction of sp³-hybridized carbons (Fsp3) is 0.250. The van der Waals surface area contributed by atoms with Crippen molar-refractivity contribution in [3.05, 3.63) is 53.1 Å². The maximum atomic E-state index is 12.6. The monoisotopic (exact) mass is 419 g/mol. The van der Waals surface area contributed by atoms with Gasteiger partial charge < -0.3 is 19.7 Å². The predicted octanol–water partition coefficient (Wildman–Crippen LogP) is 3.63. The minimum atomic E-state index is -0.611. The molecule has 0 aliphatic heterocycles. The number of rotatable bonds is 7. The molecule has 0 aliphatic carbocycles. The molecule has 9 heteroatoms. The molecular weight excluding hydrogens is 398 g/mol. The summed E-state index contributed by atoms with van der Waals surface area (Å²) >= 11 is 5.95. The lowest BCUT2D eigenvalue weighted by atomic mass is 10.1. The normalized spacial score (nSPS) is 10.1. The number of nitrogens with zero attached hydrogens (tertiary/aromatic N) is 1. The first-order valence-corrected chi connectivity index (χ1v) is 9.14. The zero-order valence-corrected chi connectivity index (χ0v) is 17.1. The molecule has 0 aromatic heterocycles. The average molecular weight is 420 g/mol. The number of hydrogen-bond acceptors (Lipinski definition) is 5. The Morgan fingerprint density at radius 3 is 2.55 bits per heavy atom. The number of anilines is 2. The molecule has 2 N–H and O–H groups in total. The smallest absolute Gasteiger partial charge is 0.411 e. The molecule has 8 nitrogen and oxygen atoms in total. The number of benzene rings is 2. The molecule has 0 fully saturated rings. The van der Waals surface area contributed by atoms with Crippen LogP contribution in [-0.2, 0) is 9.53 Å². The molecule has 0 saturated carbocycles. The highest BCUT2D eigenvalue weighted by atomic mass is 35.5. The van der Waals surface area contributed by atoms with Crippen molar-refractivity contribution in [3.8, 4) is 5.75 Å². The molecule has 2 rings (SSSR count). The fourth-order valence-electron chi connectivity index (χ4n) is 2.49. The van der Waals surface area contributed by atoms with Gasteiger partial charge in [-0.1, -0.05) is 17.7 Å². The van der Waals surface area contributed by atoms with Gasteiger partial charge in [-0.05, 0) is 43.3 Å². The Labute approximate surface area is 173 Å². The molecule has 0 heterocycles. The molecule has 0 spiro atoms. The van der Waals surface area contributed by atoms with Crippen LogP contribution in [0, 0.1) is 0 Å². The summed E-state index contributed by atoms with van der Waals surface area (Å²) < 4.78 is 10.00. The van der Waals surface area contributed by atoms with Crippen LogP contribution in [0.1, 0.15) is 17.3 Å². The molecule has 0 bridgehead atoms. The highest BCUT2D eigenvalue weighted by Crippen LogP contribution is 2.27. The van der Waals surface area contributed by atoms with Crippen LogP contribution in [0.2, 0.25) is 5.02 Å². The SMILES string of the molecule is CCOC(=O)Nc1cccc(C(=O)N(C)CC(=O)Nc2cc(Cl)ccc2OC)c1. The number of likely N-dealkylation sites (N-methyl/N-ethyl adjacent to an activating group) is 1. The Morgan fingerprint density at radius 2 is 1.86 bits per heavy atom. The molecule has 2 aromatic carbocycles. The molecule has 0 atom stereocenters. The molecule has 0 aliphatic rings. The van der Waals surface area contributed by atoms with E-state index in [4.69, 9.17) is 21.1 Å². The second-order valence-electron chi connectivity index (χ2n) is 5.98. The molecule has 3 amide bonds. The molecule has 29 heavy (non-hydrogen) atoms. The lowest BCUT2D eigenvalue weighted by Gasteiger charge is -2.18. The van der Waals surface area contributed by atoms with E-state index in [0.29, 0.717) is 27.7 Å². The van der Waals surface area contributed by atoms with Crippen molar-refractivity contribution in [1.82, 2.24) is 4.90 Å². The Kier molecular flexibility index (Phi) is 7.85. The second-order valence-corrected chi connectivity index (χ2v) is 6.42. The third-order valence-corrected chi connectivity index (χ3v) is 4.03. The van der Waals surface area contributed by atoms with Crippen molar-refractivity contribution in [2.75, 3.05) is 37.9 Å². The average Bonchev–Trinajstić information content (AvgIpc) is 2.67. The number of carbonyl (C=O) groups excluding carboxylic acids is 3. The van der Waals surface area contributed by atoms with Gasteiger partial charge in [-0.25, -0.2) is 4.79 Å². The first kappa shape index (κ1) is 22.0. The number of carbonyl (C=O) groups is 3. The van der Waals surface area contributed by atoms with Crippen LogP contribution in [0.3, 0.4) is 0 Å². The zero-order chi connectivity index (χ0) is 21.4. The van der Waals surface area contributed by atoms with E-state index in [1.54, 1.807) is 43.3 Å². The summed E-state index contributed by atoms with van der Waals surface area (Å²) in [6.45, 7) is 1.74. The topological polar surface area (TPSA) is 97.0 Å². The lowest BCUT2D eigenvalue weighted by molar-refractivity contribution is -0.116. The molecular formula is C20H22ClN3O5. The Balaban J connectivity index is 2.02. The van der Waals surface area contributed by atoms with Gasteiger partial charge in [0.25, 0.3) is 5.91 Å². The van der Waals surface area contributed by atoms with E-state index >= 15 is 0 Å². The minimum Gasteiger partial charge on any atom is -0.495 e. The molecule has 154 valence electrons. The highest BCUT2D eigenvalue weighted by Gasteiger charge is 2.17. The summed E-state index contributed by atoms with van der Waals surface area (Å²) in [5, 5.41) is 5.65. The number of amides is 3. The van der Waals surface area contributed by atoms with Crippen LogP contribution in [0.5, 0.6) is 5.75 Å². The van der Waals surface area contributed by atoms with E-state index < -0.39 is 12.0 Å². The van der Waals surface area contributed by atoms with Gasteiger partial charge in [0.2, 0.25) is 5.91 Å². The van der Waals surface area contributed by atoms with Gasteiger partial charge >= 0.3 is 6.09 Å². The number of nitrogens with one attached hydrogen (secondary N) is 2. The van der Waals surface area contributed by atoms with Gasteiger partial charge in [0.1, 0.15) is 5.75 Å². The van der Waals surface area contributed by atoms with E-state index in [1.807, 2.05) is 0 Å². The van der Waals surface area contributed by atoms with E-state index in [0.717, 1.165) is 0 Å². The third-order valence-electron chi connectivity index (χ3n) is 3.79. The second kappa shape index (κ2) is 10.3. The number of hydrogen-bond donors (Lipinski definition) is 2. The van der Waals surface area contributed by atoms with Gasteiger partial charge in [-0.15, -0.1) is 0 Å². The first-order chi connectivity index (χ1) is 13.8. The van der Waals surface area contributed by atoms with Gasteiger partial charge in [-0.3, -0.25) is 14.9 Å². The van der Waals surface area contributed by atoms with Crippen molar-refractivity contribution in [1.29, 1.82) is 0 Å². The van der Waals surface area contributed by atoms with Crippen molar-refractivity contribution in [2.24, 2.45) is 0 Å². The Hall–Kier alpha value is -3.26. The summed E-state index contributed by atoms with van der Waals surface area (Å²) in [6.07, 6.45) is -0.611. The zero-order valence-electron chi connectivity index (χ0n) is 16.3. The summed E-state index contributed by atoms with van der Waals surface area (Å²) in [7, 11) is 2.98. The quantitative estimate of drug-likeness (QED) is 0.714. The molecule has 0 radical (unpaired) electrons. The summed E-state index contributed by atoms with van der Waals surface area (Å²) in [5.41, 5.74) is 1.14. The largest absolute Gasteiger partial charge is 0.495 e. The standard InChI is InChI=1S/C20H22ClN3O5/c1-4-29-20(27)22-15-7-5-6-13(10-15)19(26)24(2)12-18(25)23-16-11-14(21)8-9-17(16)28-3/h5-11H,4,12H2,1-3H3,(H,22,27)(H,23,25). The highest BCUT2D eigenvalue weighted by molar-refractivity contribution is 6.31. The molecule has 0 unspecified atom stereocenters. The Morgan fingerprint density at radius 1 is 1.10 bits per heavy atom. The van der Waals surface area contributed by atoms with Gasteiger partial charge in [0, 0.05) is 23.3 Å². The van der Waals surface area contributed by atoms with Crippen molar-refractivity contribution < 1.29 is 23.9 Å². The molecule has 2 aromatic rings. The van der Waals surface area contributed by atoms with Crippen LogP contribution in [-0.4, -0.2) is 50.1 Å². The first-order valence-electron chi connectivity index (χ1n) is 8.76. The van der Waals surface area contributed by atoms with Crippen LogP contribution in [0.15, 0.2) is 42.5 Å². The van der Waals surface area contributed by atoms with Gasteiger partial charge in [0.15, 0.2) is 0 Å².